The Morgan fingerprint density at radius 1 is 0.966 bits per heavy atom. The van der Waals surface area contributed by atoms with Crippen molar-refractivity contribution in [3.8, 4) is 5.75 Å². The third-order valence-corrected chi connectivity index (χ3v) is 6.07. The topological polar surface area (TPSA) is 114 Å². The molecule has 2 amide bonds. The highest BCUT2D eigenvalue weighted by atomic mass is 32.2. The standard InChI is InChI=1S/C19H21N3O6S/c23-18(14-28-16-4-2-1-3-5-16)20-21-19(24)15-6-8-17(9-7-15)29(25,26)22-10-12-27-13-11-22/h1-9H,10-14H2,(H,20,23)(H,21,24). The largest absolute Gasteiger partial charge is 0.484 e. The van der Waals surface area contributed by atoms with E-state index in [2.05, 4.69) is 10.9 Å². The van der Waals surface area contributed by atoms with Crippen LogP contribution in [0.25, 0.3) is 0 Å². The number of morpholine rings is 1. The van der Waals surface area contributed by atoms with E-state index in [1.165, 1.54) is 28.6 Å². The van der Waals surface area contributed by atoms with Gasteiger partial charge in [0.1, 0.15) is 5.75 Å². The van der Waals surface area contributed by atoms with Gasteiger partial charge >= 0.3 is 0 Å². The highest BCUT2D eigenvalue weighted by Gasteiger charge is 2.26. The number of sulfonamides is 1. The van der Waals surface area contributed by atoms with E-state index in [4.69, 9.17) is 9.47 Å². The van der Waals surface area contributed by atoms with Crippen molar-refractivity contribution in [2.75, 3.05) is 32.9 Å². The first kappa shape index (κ1) is 20.8. The van der Waals surface area contributed by atoms with Crippen molar-refractivity contribution in [1.29, 1.82) is 0 Å². The van der Waals surface area contributed by atoms with Crippen molar-refractivity contribution in [1.82, 2.24) is 15.2 Å². The second-order valence-corrected chi connectivity index (χ2v) is 8.08. The number of nitrogens with one attached hydrogen (secondary N) is 2. The van der Waals surface area contributed by atoms with Gasteiger partial charge in [-0.1, -0.05) is 18.2 Å². The fraction of sp³-hybridized carbons (Fsp3) is 0.263. The number of hydrogen-bond acceptors (Lipinski definition) is 6. The van der Waals surface area contributed by atoms with Gasteiger partial charge in [0.25, 0.3) is 11.8 Å². The first-order valence-corrected chi connectivity index (χ1v) is 10.4. The van der Waals surface area contributed by atoms with E-state index in [0.29, 0.717) is 32.1 Å². The van der Waals surface area contributed by atoms with E-state index in [-0.39, 0.29) is 17.1 Å². The van der Waals surface area contributed by atoms with Crippen molar-refractivity contribution in [2.45, 2.75) is 4.90 Å². The van der Waals surface area contributed by atoms with Crippen LogP contribution in [0.3, 0.4) is 0 Å². The molecule has 29 heavy (non-hydrogen) atoms. The summed E-state index contributed by atoms with van der Waals surface area (Å²) in [6.45, 7) is 1.03. The van der Waals surface area contributed by atoms with Gasteiger partial charge in [-0.3, -0.25) is 20.4 Å². The SMILES string of the molecule is O=C(COc1ccccc1)NNC(=O)c1ccc(S(=O)(=O)N2CCOCC2)cc1. The Morgan fingerprint density at radius 3 is 2.28 bits per heavy atom. The van der Waals surface area contributed by atoms with Crippen LogP contribution in [0.2, 0.25) is 0 Å². The molecular formula is C19H21N3O6S. The quantitative estimate of drug-likeness (QED) is 0.661. The molecule has 0 aromatic heterocycles. The molecule has 1 aliphatic rings. The Kier molecular flexibility index (Phi) is 6.81. The van der Waals surface area contributed by atoms with Crippen molar-refractivity contribution in [3.63, 3.8) is 0 Å². The number of para-hydroxylation sites is 1. The summed E-state index contributed by atoms with van der Waals surface area (Å²) in [6, 6.07) is 14.3. The molecular weight excluding hydrogens is 398 g/mol. The molecule has 9 nitrogen and oxygen atoms in total. The smallest absolute Gasteiger partial charge is 0.276 e. The lowest BCUT2D eigenvalue weighted by Gasteiger charge is -2.26. The molecule has 1 heterocycles. The zero-order chi connectivity index (χ0) is 20.7. The molecule has 0 radical (unpaired) electrons. The average molecular weight is 419 g/mol. The Bertz CT molecular complexity index is 942. The maximum atomic E-state index is 12.6. The van der Waals surface area contributed by atoms with Crippen LogP contribution < -0.4 is 15.6 Å². The number of amides is 2. The van der Waals surface area contributed by atoms with Crippen molar-refractivity contribution in [3.05, 3.63) is 60.2 Å². The van der Waals surface area contributed by atoms with Crippen LogP contribution in [0, 0.1) is 0 Å². The summed E-state index contributed by atoms with van der Waals surface area (Å²) in [5.41, 5.74) is 4.71. The van der Waals surface area contributed by atoms with E-state index < -0.39 is 21.8 Å². The lowest BCUT2D eigenvalue weighted by molar-refractivity contribution is -0.123. The van der Waals surface area contributed by atoms with Gasteiger partial charge < -0.3 is 9.47 Å². The molecule has 3 rings (SSSR count). The molecule has 0 spiro atoms. The number of benzene rings is 2. The fourth-order valence-corrected chi connectivity index (χ4v) is 4.02. The van der Waals surface area contributed by atoms with Crippen LogP contribution in [-0.4, -0.2) is 57.4 Å². The summed E-state index contributed by atoms with van der Waals surface area (Å²) in [7, 11) is -3.63. The van der Waals surface area contributed by atoms with E-state index in [1.54, 1.807) is 24.3 Å². The van der Waals surface area contributed by atoms with Crippen LogP contribution in [0.4, 0.5) is 0 Å². The summed E-state index contributed by atoms with van der Waals surface area (Å²) in [4.78, 5) is 24.0. The van der Waals surface area contributed by atoms with Gasteiger partial charge in [0.05, 0.1) is 18.1 Å². The Hall–Kier alpha value is -2.95. The van der Waals surface area contributed by atoms with E-state index >= 15 is 0 Å². The number of hydrazine groups is 1. The second kappa shape index (κ2) is 9.50. The van der Waals surface area contributed by atoms with Crippen LogP contribution in [0.1, 0.15) is 10.4 Å². The molecule has 2 aromatic rings. The van der Waals surface area contributed by atoms with Gasteiger partial charge in [-0.05, 0) is 36.4 Å². The monoisotopic (exact) mass is 419 g/mol. The van der Waals surface area contributed by atoms with Gasteiger partial charge in [-0.2, -0.15) is 4.31 Å². The third-order valence-electron chi connectivity index (χ3n) is 4.15. The molecule has 1 saturated heterocycles. The Balaban J connectivity index is 1.51. The molecule has 10 heteroatoms. The molecule has 0 atom stereocenters. The summed E-state index contributed by atoms with van der Waals surface area (Å²) in [5.74, 6) is -0.576. The minimum Gasteiger partial charge on any atom is -0.484 e. The Morgan fingerprint density at radius 2 is 1.62 bits per heavy atom. The molecule has 2 N–H and O–H groups in total. The van der Waals surface area contributed by atoms with Gasteiger partial charge in [0.15, 0.2) is 6.61 Å². The predicted octanol–water partition coefficient (Wildman–Crippen LogP) is 0.548. The van der Waals surface area contributed by atoms with E-state index in [1.807, 2.05) is 6.07 Å². The van der Waals surface area contributed by atoms with Gasteiger partial charge in [-0.25, -0.2) is 8.42 Å². The van der Waals surface area contributed by atoms with Crippen molar-refractivity contribution in [2.24, 2.45) is 0 Å². The summed E-state index contributed by atoms with van der Waals surface area (Å²) in [5, 5.41) is 0. The number of carbonyl (C=O) groups is 2. The maximum absolute atomic E-state index is 12.6. The zero-order valence-electron chi connectivity index (χ0n) is 15.5. The summed E-state index contributed by atoms with van der Waals surface area (Å²) in [6.07, 6.45) is 0. The summed E-state index contributed by atoms with van der Waals surface area (Å²) >= 11 is 0. The van der Waals surface area contributed by atoms with Crippen LogP contribution >= 0.6 is 0 Å². The fourth-order valence-electron chi connectivity index (χ4n) is 2.61. The van der Waals surface area contributed by atoms with Crippen LogP contribution in [0.15, 0.2) is 59.5 Å². The summed E-state index contributed by atoms with van der Waals surface area (Å²) < 4.78 is 36.9. The lowest BCUT2D eigenvalue weighted by atomic mass is 10.2. The highest BCUT2D eigenvalue weighted by Crippen LogP contribution is 2.17. The molecule has 154 valence electrons. The maximum Gasteiger partial charge on any atom is 0.276 e. The van der Waals surface area contributed by atoms with Crippen LogP contribution in [-0.2, 0) is 19.6 Å². The molecule has 2 aromatic carbocycles. The van der Waals surface area contributed by atoms with Crippen LogP contribution in [0.5, 0.6) is 5.75 Å². The van der Waals surface area contributed by atoms with E-state index in [0.717, 1.165) is 0 Å². The van der Waals surface area contributed by atoms with Gasteiger partial charge in [0, 0.05) is 18.7 Å². The molecule has 0 bridgehead atoms. The third kappa shape index (κ3) is 5.53. The number of ether oxygens (including phenoxy) is 2. The minimum atomic E-state index is -3.63. The number of rotatable bonds is 6. The average Bonchev–Trinajstić information content (AvgIpc) is 2.77. The number of nitrogens with zero attached hydrogens (tertiary/aromatic N) is 1. The predicted molar refractivity (Wildman–Crippen MR) is 104 cm³/mol. The zero-order valence-corrected chi connectivity index (χ0v) is 16.4. The van der Waals surface area contributed by atoms with E-state index in [9.17, 15) is 18.0 Å². The first-order chi connectivity index (χ1) is 14.0. The molecule has 1 fully saturated rings. The first-order valence-electron chi connectivity index (χ1n) is 8.92. The highest BCUT2D eigenvalue weighted by molar-refractivity contribution is 7.89. The number of carbonyl (C=O) groups excluding carboxylic acids is 2. The molecule has 0 saturated carbocycles. The molecule has 0 aliphatic carbocycles. The Labute approximate surface area is 168 Å². The lowest BCUT2D eigenvalue weighted by Crippen LogP contribution is -2.43. The normalized spacial score (nSPS) is 14.8. The van der Waals surface area contributed by atoms with Gasteiger partial charge in [-0.15, -0.1) is 0 Å². The second-order valence-electron chi connectivity index (χ2n) is 6.14. The van der Waals surface area contributed by atoms with Crippen molar-refractivity contribution >= 4 is 21.8 Å². The minimum absolute atomic E-state index is 0.0937. The van der Waals surface area contributed by atoms with Gasteiger partial charge in [0.2, 0.25) is 10.0 Å². The molecule has 0 unspecified atom stereocenters. The molecule has 1 aliphatic heterocycles. The number of hydrogen-bond donors (Lipinski definition) is 2. The van der Waals surface area contributed by atoms with Crippen molar-refractivity contribution < 1.29 is 27.5 Å².